The van der Waals surface area contributed by atoms with Crippen LogP contribution in [0, 0.1) is 11.8 Å². The molecule has 1 saturated heterocycles. The lowest BCUT2D eigenvalue weighted by Gasteiger charge is -2.23. The Labute approximate surface area is 73.9 Å². The van der Waals surface area contributed by atoms with Crippen LogP contribution in [0.25, 0.3) is 0 Å². The largest absolute Gasteiger partial charge is 0.389 e. The monoisotopic (exact) mass is 170 g/mol. The number of hydrogen-bond donors (Lipinski definition) is 1. The molecule has 1 saturated carbocycles. The van der Waals surface area contributed by atoms with Gasteiger partial charge in [-0.25, -0.2) is 0 Å². The van der Waals surface area contributed by atoms with Crippen LogP contribution in [0.5, 0.6) is 0 Å². The summed E-state index contributed by atoms with van der Waals surface area (Å²) in [7, 11) is 0. The second-order valence-corrected chi connectivity index (χ2v) is 4.53. The van der Waals surface area contributed by atoms with Crippen LogP contribution in [-0.2, 0) is 4.74 Å². The number of ether oxygens (including phenoxy) is 1. The lowest BCUT2D eigenvalue weighted by Crippen LogP contribution is -2.32. The van der Waals surface area contributed by atoms with Crippen molar-refractivity contribution in [3.05, 3.63) is 0 Å². The van der Waals surface area contributed by atoms with Gasteiger partial charge in [-0.1, -0.05) is 6.92 Å². The Balaban J connectivity index is 2.13. The van der Waals surface area contributed by atoms with E-state index in [1.165, 1.54) is 0 Å². The molecular formula is C10H18O2. The summed E-state index contributed by atoms with van der Waals surface area (Å²) in [5, 5.41) is 10.0. The van der Waals surface area contributed by atoms with E-state index in [2.05, 4.69) is 20.8 Å². The molecule has 4 atom stereocenters. The third kappa shape index (κ3) is 1.09. The highest BCUT2D eigenvalue weighted by molar-refractivity contribution is 5.06. The minimum atomic E-state index is -0.371. The van der Waals surface area contributed by atoms with Gasteiger partial charge in [0.15, 0.2) is 0 Å². The van der Waals surface area contributed by atoms with Crippen molar-refractivity contribution < 1.29 is 9.84 Å². The number of rotatable bonds is 1. The predicted molar refractivity (Wildman–Crippen MR) is 46.8 cm³/mol. The maximum absolute atomic E-state index is 10.0. The summed E-state index contributed by atoms with van der Waals surface area (Å²) >= 11 is 0. The zero-order chi connectivity index (χ0) is 8.93. The molecule has 70 valence electrons. The molecule has 2 fully saturated rings. The second-order valence-electron chi connectivity index (χ2n) is 4.53. The van der Waals surface area contributed by atoms with E-state index in [0.717, 1.165) is 12.8 Å². The van der Waals surface area contributed by atoms with Crippen molar-refractivity contribution in [2.45, 2.75) is 51.4 Å². The molecule has 0 spiro atoms. The summed E-state index contributed by atoms with van der Waals surface area (Å²) < 4.78 is 5.69. The van der Waals surface area contributed by atoms with Crippen LogP contribution in [0.1, 0.15) is 33.6 Å². The van der Waals surface area contributed by atoms with Crippen LogP contribution in [-0.4, -0.2) is 22.9 Å². The van der Waals surface area contributed by atoms with Gasteiger partial charge < -0.3 is 9.84 Å². The fourth-order valence-electron chi connectivity index (χ4n) is 2.65. The first kappa shape index (κ1) is 8.52. The first-order valence-electron chi connectivity index (χ1n) is 4.92. The zero-order valence-electron chi connectivity index (χ0n) is 8.08. The van der Waals surface area contributed by atoms with Crippen LogP contribution in [0.4, 0.5) is 0 Å². The van der Waals surface area contributed by atoms with E-state index in [-0.39, 0.29) is 11.7 Å². The summed E-state index contributed by atoms with van der Waals surface area (Å²) in [4.78, 5) is 0. The van der Waals surface area contributed by atoms with Crippen LogP contribution in [0.15, 0.2) is 0 Å². The first-order chi connectivity index (χ1) is 5.54. The Bertz CT molecular complexity index is 186. The molecule has 0 amide bonds. The maximum atomic E-state index is 10.0. The summed E-state index contributed by atoms with van der Waals surface area (Å²) in [6, 6.07) is 0. The van der Waals surface area contributed by atoms with Crippen molar-refractivity contribution in [1.29, 1.82) is 0 Å². The Morgan fingerprint density at radius 3 is 2.08 bits per heavy atom. The molecule has 4 unspecified atom stereocenters. The van der Waals surface area contributed by atoms with Crippen molar-refractivity contribution >= 4 is 0 Å². The molecule has 0 aromatic heterocycles. The molecular weight excluding hydrogens is 152 g/mol. The Morgan fingerprint density at radius 1 is 1.17 bits per heavy atom. The molecule has 1 heterocycles. The molecule has 1 aliphatic heterocycles. The summed E-state index contributed by atoms with van der Waals surface area (Å²) in [5.74, 6) is 0.875. The van der Waals surface area contributed by atoms with E-state index in [9.17, 15) is 5.11 Å². The van der Waals surface area contributed by atoms with Gasteiger partial charge in [-0.2, -0.15) is 0 Å². The van der Waals surface area contributed by atoms with Gasteiger partial charge in [0.05, 0.1) is 17.8 Å². The molecule has 0 aromatic carbocycles. The second kappa shape index (κ2) is 2.46. The van der Waals surface area contributed by atoms with Gasteiger partial charge in [0.1, 0.15) is 0 Å². The van der Waals surface area contributed by atoms with E-state index >= 15 is 0 Å². The molecule has 0 bridgehead atoms. The van der Waals surface area contributed by atoms with Gasteiger partial charge in [-0.15, -0.1) is 0 Å². The van der Waals surface area contributed by atoms with Crippen LogP contribution in [0.3, 0.4) is 0 Å². The highest BCUT2D eigenvalue weighted by Gasteiger charge is 2.56. The lowest BCUT2D eigenvalue weighted by molar-refractivity contribution is 0.0124. The zero-order valence-corrected chi connectivity index (χ0v) is 8.08. The third-order valence-electron chi connectivity index (χ3n) is 3.62. The Morgan fingerprint density at radius 2 is 1.75 bits per heavy atom. The topological polar surface area (TPSA) is 29.5 Å². The van der Waals surface area contributed by atoms with Gasteiger partial charge in [-0.3, -0.25) is 0 Å². The van der Waals surface area contributed by atoms with E-state index < -0.39 is 0 Å². The van der Waals surface area contributed by atoms with E-state index in [4.69, 9.17) is 4.74 Å². The van der Waals surface area contributed by atoms with Crippen LogP contribution >= 0.6 is 0 Å². The fourth-order valence-corrected chi connectivity index (χ4v) is 2.65. The van der Waals surface area contributed by atoms with Crippen molar-refractivity contribution in [3.63, 3.8) is 0 Å². The quantitative estimate of drug-likeness (QED) is 0.647. The molecule has 2 nitrogen and oxygen atoms in total. The SMILES string of the molecule is CC1OC(C)C(C2(O)CC2)C1C. The average molecular weight is 170 g/mol. The average Bonchev–Trinajstić information content (AvgIpc) is 2.62. The van der Waals surface area contributed by atoms with E-state index in [0.29, 0.717) is 17.9 Å². The first-order valence-corrected chi connectivity index (χ1v) is 4.92. The van der Waals surface area contributed by atoms with Gasteiger partial charge in [0, 0.05) is 5.92 Å². The van der Waals surface area contributed by atoms with Gasteiger partial charge in [-0.05, 0) is 32.6 Å². The predicted octanol–water partition coefficient (Wildman–Crippen LogP) is 1.57. The van der Waals surface area contributed by atoms with E-state index in [1.807, 2.05) is 0 Å². The third-order valence-corrected chi connectivity index (χ3v) is 3.62. The normalized spacial score (nSPS) is 51.0. The maximum Gasteiger partial charge on any atom is 0.0706 e. The molecule has 2 heteroatoms. The molecule has 0 aromatic rings. The van der Waals surface area contributed by atoms with Gasteiger partial charge >= 0.3 is 0 Å². The van der Waals surface area contributed by atoms with E-state index in [1.54, 1.807) is 0 Å². The minimum absolute atomic E-state index is 0.238. The highest BCUT2D eigenvalue weighted by atomic mass is 16.5. The lowest BCUT2D eigenvalue weighted by atomic mass is 9.83. The van der Waals surface area contributed by atoms with Gasteiger partial charge in [0.2, 0.25) is 0 Å². The van der Waals surface area contributed by atoms with Crippen LogP contribution in [0.2, 0.25) is 0 Å². The Hall–Kier alpha value is -0.0800. The number of hydrogen-bond acceptors (Lipinski definition) is 2. The highest BCUT2D eigenvalue weighted by Crippen LogP contribution is 2.51. The minimum Gasteiger partial charge on any atom is -0.389 e. The molecule has 1 N–H and O–H groups in total. The van der Waals surface area contributed by atoms with Crippen molar-refractivity contribution in [2.75, 3.05) is 0 Å². The standard InChI is InChI=1S/C10H18O2/c1-6-7(2)12-8(3)9(6)10(11)4-5-10/h6-9,11H,4-5H2,1-3H3. The smallest absolute Gasteiger partial charge is 0.0706 e. The van der Waals surface area contributed by atoms with Crippen molar-refractivity contribution in [3.8, 4) is 0 Å². The molecule has 2 aliphatic rings. The number of aliphatic hydroxyl groups is 1. The molecule has 0 radical (unpaired) electrons. The van der Waals surface area contributed by atoms with Gasteiger partial charge in [0.25, 0.3) is 0 Å². The van der Waals surface area contributed by atoms with Crippen LogP contribution < -0.4 is 0 Å². The summed E-state index contributed by atoms with van der Waals surface area (Å²) in [6.45, 7) is 6.38. The molecule has 2 rings (SSSR count). The molecule has 1 aliphatic carbocycles. The molecule has 12 heavy (non-hydrogen) atoms. The Kier molecular flexibility index (Phi) is 1.74. The summed E-state index contributed by atoms with van der Waals surface area (Å²) in [5.41, 5.74) is -0.371. The summed E-state index contributed by atoms with van der Waals surface area (Å²) in [6.07, 6.45) is 2.50. The fraction of sp³-hybridized carbons (Fsp3) is 1.00. The van der Waals surface area contributed by atoms with Crippen molar-refractivity contribution in [2.24, 2.45) is 11.8 Å². The van der Waals surface area contributed by atoms with Crippen molar-refractivity contribution in [1.82, 2.24) is 0 Å².